The van der Waals surface area contributed by atoms with Gasteiger partial charge in [-0.1, -0.05) is 254 Å². The first-order valence-corrected chi connectivity index (χ1v) is 27.5. The van der Waals surface area contributed by atoms with Gasteiger partial charge in [-0.15, -0.1) is 0 Å². The van der Waals surface area contributed by atoms with Crippen LogP contribution in [0.3, 0.4) is 0 Å². The van der Waals surface area contributed by atoms with Crippen molar-refractivity contribution in [3.8, 4) is 77.9 Å². The Kier molecular flexibility index (Phi) is 11.3. The summed E-state index contributed by atoms with van der Waals surface area (Å²) in [5.74, 6) is 0. The molecule has 0 amide bonds. The molecule has 0 aliphatic heterocycles. The number of rotatable bonds is 7. The van der Waals surface area contributed by atoms with Crippen LogP contribution in [-0.4, -0.2) is 0 Å². The minimum Gasteiger partial charge on any atom is -0.0616 e. The molecule has 0 atom stereocenters. The van der Waals surface area contributed by atoms with E-state index in [-0.39, 0.29) is 0 Å². The maximum Gasteiger partial charge on any atom is -0.00987 e. The summed E-state index contributed by atoms with van der Waals surface area (Å²) < 4.78 is 0. The van der Waals surface area contributed by atoms with Gasteiger partial charge in [-0.25, -0.2) is 0 Å². The highest BCUT2D eigenvalue weighted by Crippen LogP contribution is 2.48. The van der Waals surface area contributed by atoms with E-state index in [4.69, 9.17) is 0 Å². The normalized spacial score (nSPS) is 11.7. The van der Waals surface area contributed by atoms with Crippen molar-refractivity contribution >= 4 is 64.6 Å². The highest BCUT2D eigenvalue weighted by molar-refractivity contribution is 6.19. The Bertz CT molecular complexity index is 4440. The van der Waals surface area contributed by atoms with Gasteiger partial charge in [-0.2, -0.15) is 0 Å². The van der Waals surface area contributed by atoms with Gasteiger partial charge >= 0.3 is 0 Å². The van der Waals surface area contributed by atoms with Crippen LogP contribution in [0.25, 0.3) is 143 Å². The monoisotopic (exact) mass is 994 g/mol. The van der Waals surface area contributed by atoms with Crippen molar-refractivity contribution in [3.63, 3.8) is 0 Å². The average Bonchev–Trinajstić information content (AvgIpc) is 3.64. The first-order chi connectivity index (χ1) is 38.2. The van der Waals surface area contributed by atoms with E-state index in [1.165, 1.54) is 176 Å². The Labute approximate surface area is 457 Å². The Morgan fingerprint density at radius 2 is 0.282 bits per heavy atom. The van der Waals surface area contributed by atoms with Crippen molar-refractivity contribution in [2.45, 2.75) is 41.5 Å². The fourth-order valence-corrected chi connectivity index (χ4v) is 13.8. The van der Waals surface area contributed by atoms with Crippen LogP contribution in [0.5, 0.6) is 0 Å². The molecule has 0 bridgehead atoms. The van der Waals surface area contributed by atoms with Crippen LogP contribution in [-0.2, 0) is 0 Å². The molecule has 14 aromatic rings. The second-order valence-corrected chi connectivity index (χ2v) is 21.8. The minimum absolute atomic E-state index is 1.23. The van der Waals surface area contributed by atoms with Gasteiger partial charge in [0, 0.05) is 0 Å². The fraction of sp³-hybridized carbons (Fsp3) is 0.0769. The van der Waals surface area contributed by atoms with Crippen molar-refractivity contribution in [2.24, 2.45) is 0 Å². The summed E-state index contributed by atoms with van der Waals surface area (Å²) in [4.78, 5) is 0. The van der Waals surface area contributed by atoms with E-state index in [9.17, 15) is 0 Å². The third kappa shape index (κ3) is 7.58. The minimum atomic E-state index is 1.23. The van der Waals surface area contributed by atoms with Crippen LogP contribution in [0.2, 0.25) is 0 Å². The maximum atomic E-state index is 2.37. The van der Waals surface area contributed by atoms with E-state index in [0.29, 0.717) is 0 Å². The predicted octanol–water partition coefficient (Wildman–Crippen LogP) is 22.1. The Hall–Kier alpha value is -9.36. The zero-order chi connectivity index (χ0) is 52.8. The molecule has 0 fully saturated rings. The lowest BCUT2D eigenvalue weighted by molar-refractivity contribution is 1.32. The largest absolute Gasteiger partial charge is 0.0616 e. The second-order valence-electron chi connectivity index (χ2n) is 21.8. The quantitative estimate of drug-likeness (QED) is 0.149. The maximum absolute atomic E-state index is 2.37. The molecule has 0 aromatic heterocycles. The van der Waals surface area contributed by atoms with E-state index < -0.39 is 0 Å². The SMILES string of the molecule is Cc1cc(C)c(-c2ccc(-c3ccc(-c4ccc(-c5ccc(-c6ccc(-c7ccc(-c8c(C)cc(C)cc8C)c8ccccc78)c7ccccc67)c6ccccc56)c5ccccc45)c4ccccc34)c3ccccc23)c(C)c1. The highest BCUT2D eigenvalue weighted by atomic mass is 14.2. The molecule has 0 aliphatic carbocycles. The van der Waals surface area contributed by atoms with Crippen LogP contribution in [0.4, 0.5) is 0 Å². The van der Waals surface area contributed by atoms with Gasteiger partial charge in [0.05, 0.1) is 0 Å². The van der Waals surface area contributed by atoms with Crippen LogP contribution in [0, 0.1) is 41.5 Å². The van der Waals surface area contributed by atoms with Gasteiger partial charge in [0.1, 0.15) is 0 Å². The molecular weight excluding hydrogens is 937 g/mol. The van der Waals surface area contributed by atoms with Gasteiger partial charge in [-0.05, 0) is 206 Å². The molecule has 14 aromatic carbocycles. The fourth-order valence-electron chi connectivity index (χ4n) is 13.8. The molecule has 0 N–H and O–H groups in total. The van der Waals surface area contributed by atoms with E-state index >= 15 is 0 Å². The first kappa shape index (κ1) is 47.1. The molecule has 0 saturated heterocycles. The Morgan fingerprint density at radius 1 is 0.154 bits per heavy atom. The van der Waals surface area contributed by atoms with Crippen molar-refractivity contribution in [1.29, 1.82) is 0 Å². The van der Waals surface area contributed by atoms with Gasteiger partial charge in [-0.3, -0.25) is 0 Å². The number of benzene rings is 14. The molecule has 0 saturated carbocycles. The molecular formula is C78H58. The third-order valence-electron chi connectivity index (χ3n) is 16.9. The lowest BCUT2D eigenvalue weighted by Gasteiger charge is -2.19. The number of aryl methyl sites for hydroxylation is 6. The number of fused-ring (bicyclic) bond motifs is 6. The zero-order valence-electron chi connectivity index (χ0n) is 45.1. The summed E-state index contributed by atoms with van der Waals surface area (Å²) in [6.07, 6.45) is 0. The van der Waals surface area contributed by atoms with Crippen LogP contribution < -0.4 is 0 Å². The zero-order valence-corrected chi connectivity index (χ0v) is 45.1. The van der Waals surface area contributed by atoms with E-state index in [1.54, 1.807) is 0 Å². The Morgan fingerprint density at radius 3 is 0.436 bits per heavy atom. The summed E-state index contributed by atoms with van der Waals surface area (Å²) in [5, 5.41) is 15.1. The lowest BCUT2D eigenvalue weighted by atomic mass is 9.84. The summed E-state index contributed by atoms with van der Waals surface area (Å²) in [6, 6.07) is 91.4. The van der Waals surface area contributed by atoms with Crippen molar-refractivity contribution < 1.29 is 0 Å². The number of hydrogen-bond acceptors (Lipinski definition) is 0. The smallest absolute Gasteiger partial charge is 0.00987 e. The van der Waals surface area contributed by atoms with Crippen LogP contribution in [0.1, 0.15) is 33.4 Å². The molecule has 370 valence electrons. The third-order valence-corrected chi connectivity index (χ3v) is 16.9. The highest BCUT2D eigenvalue weighted by Gasteiger charge is 2.21. The predicted molar refractivity (Wildman–Crippen MR) is 338 cm³/mol. The lowest BCUT2D eigenvalue weighted by Crippen LogP contribution is -1.94. The molecule has 14 rings (SSSR count). The topological polar surface area (TPSA) is 0 Å². The average molecular weight is 995 g/mol. The first-order valence-electron chi connectivity index (χ1n) is 27.5. The van der Waals surface area contributed by atoms with Gasteiger partial charge in [0.2, 0.25) is 0 Å². The molecule has 0 heteroatoms. The molecule has 78 heavy (non-hydrogen) atoms. The molecule has 0 heterocycles. The van der Waals surface area contributed by atoms with E-state index in [2.05, 4.69) is 284 Å². The van der Waals surface area contributed by atoms with Crippen LogP contribution >= 0.6 is 0 Å². The number of hydrogen-bond donors (Lipinski definition) is 0. The molecule has 0 unspecified atom stereocenters. The summed E-state index contributed by atoms with van der Waals surface area (Å²) in [6.45, 7) is 13.4. The van der Waals surface area contributed by atoms with E-state index in [0.717, 1.165) is 0 Å². The van der Waals surface area contributed by atoms with Crippen molar-refractivity contribution in [2.75, 3.05) is 0 Å². The summed E-state index contributed by atoms with van der Waals surface area (Å²) in [7, 11) is 0. The van der Waals surface area contributed by atoms with Crippen molar-refractivity contribution in [3.05, 3.63) is 276 Å². The molecule has 0 nitrogen and oxygen atoms in total. The van der Waals surface area contributed by atoms with Gasteiger partial charge in [0.15, 0.2) is 0 Å². The molecule has 0 spiro atoms. The van der Waals surface area contributed by atoms with Crippen molar-refractivity contribution in [1.82, 2.24) is 0 Å². The van der Waals surface area contributed by atoms with Gasteiger partial charge < -0.3 is 0 Å². The molecule has 0 aliphatic rings. The van der Waals surface area contributed by atoms with E-state index in [1.807, 2.05) is 0 Å². The summed E-state index contributed by atoms with van der Waals surface area (Å²) >= 11 is 0. The Balaban J connectivity index is 0.872. The summed E-state index contributed by atoms with van der Waals surface area (Å²) in [5.41, 5.74) is 25.5. The van der Waals surface area contributed by atoms with Crippen LogP contribution in [0.15, 0.2) is 243 Å². The second kappa shape index (κ2) is 18.7. The molecule has 0 radical (unpaired) electrons. The standard InChI is InChI=1S/C78H58/c1-47-43-49(3)77(50(4)44-47)75-41-39-73(61-27-15-17-29-63(61)75)71-37-35-69(57-23-11-13-25-59(57)71)67-33-31-65(53-19-7-9-21-55(53)67)66-32-34-68(56-22-10-8-20-54(56)66)70-36-38-72(60-26-14-12-24-58(60)70)74-40-42-76(64-30-18-16-28-62(64)74)78-51(5)45-48(2)46-52(78)6/h7-46H,1-6H3. The van der Waals surface area contributed by atoms with Gasteiger partial charge in [0.25, 0.3) is 0 Å².